The van der Waals surface area contributed by atoms with Crippen LogP contribution in [-0.2, 0) is 0 Å². The molecule has 5 heteroatoms. The number of rotatable bonds is 2. The van der Waals surface area contributed by atoms with Gasteiger partial charge in [0, 0.05) is 11.6 Å². The van der Waals surface area contributed by atoms with Gasteiger partial charge in [-0.2, -0.15) is 0 Å². The van der Waals surface area contributed by atoms with Crippen molar-refractivity contribution in [1.82, 2.24) is 9.97 Å². The molecule has 2 heterocycles. The summed E-state index contributed by atoms with van der Waals surface area (Å²) in [7, 11) is 0. The van der Waals surface area contributed by atoms with Gasteiger partial charge in [-0.25, -0.2) is 16.5 Å². The first-order valence-corrected chi connectivity index (χ1v) is 4.55. The summed E-state index contributed by atoms with van der Waals surface area (Å²) in [5, 5.41) is 1.21. The highest BCUT2D eigenvalue weighted by Crippen LogP contribution is 2.22. The summed E-state index contributed by atoms with van der Waals surface area (Å²) in [6.07, 6.45) is 3.13. The molecule has 0 aliphatic carbocycles. The fourth-order valence-electron chi connectivity index (χ4n) is 1.19. The Morgan fingerprint density at radius 1 is 1.47 bits per heavy atom. The van der Waals surface area contributed by atoms with Gasteiger partial charge in [-0.1, -0.05) is 11.6 Å². The fourth-order valence-corrected chi connectivity index (χ4v) is 1.41. The molecule has 0 saturated heterocycles. The van der Waals surface area contributed by atoms with Gasteiger partial charge in [-0.15, -0.1) is 0 Å². The molecule has 74 valence electrons. The second kappa shape index (κ2) is 4.11. The first kappa shape index (κ1) is 9.69. The minimum absolute atomic E-state index is 0.00793. The molecule has 0 atom stereocenters. The van der Waals surface area contributed by atoms with Crippen molar-refractivity contribution >= 4 is 22.5 Å². The Hall–Kier alpha value is -1.86. The zero-order valence-electron chi connectivity index (χ0n) is 7.64. The SMILES string of the molecule is [C-]#[N+]COc1cnc2c(Cl)nccc2c1. The predicted octanol–water partition coefficient (Wildman–Crippen LogP) is 2.54. The molecular weight excluding hydrogens is 214 g/mol. The van der Waals surface area contributed by atoms with Crippen LogP contribution in [-0.4, -0.2) is 16.7 Å². The van der Waals surface area contributed by atoms with Crippen molar-refractivity contribution < 1.29 is 4.74 Å². The maximum Gasteiger partial charge on any atom is 0.357 e. The summed E-state index contributed by atoms with van der Waals surface area (Å²) >= 11 is 5.85. The van der Waals surface area contributed by atoms with Crippen LogP contribution in [0.4, 0.5) is 0 Å². The van der Waals surface area contributed by atoms with E-state index in [1.54, 1.807) is 18.3 Å². The predicted molar refractivity (Wildman–Crippen MR) is 56.6 cm³/mol. The topological polar surface area (TPSA) is 39.4 Å². The molecular formula is C10H6ClN3O. The molecule has 2 rings (SSSR count). The molecule has 0 fully saturated rings. The summed E-state index contributed by atoms with van der Waals surface area (Å²) in [6, 6.07) is 3.57. The highest BCUT2D eigenvalue weighted by atomic mass is 35.5. The van der Waals surface area contributed by atoms with Crippen molar-refractivity contribution in [2.24, 2.45) is 0 Å². The van der Waals surface area contributed by atoms with Gasteiger partial charge in [0.05, 0.1) is 6.20 Å². The molecule has 2 aromatic heterocycles. The summed E-state index contributed by atoms with van der Waals surface area (Å²) in [5.74, 6) is 0.556. The van der Waals surface area contributed by atoms with Crippen LogP contribution in [0.5, 0.6) is 5.75 Å². The smallest absolute Gasteiger partial charge is 0.357 e. The number of halogens is 1. The molecule has 15 heavy (non-hydrogen) atoms. The molecule has 0 amide bonds. The van der Waals surface area contributed by atoms with Crippen LogP contribution in [0.25, 0.3) is 15.7 Å². The van der Waals surface area contributed by atoms with Crippen LogP contribution in [0, 0.1) is 6.57 Å². The number of hydrogen-bond donors (Lipinski definition) is 0. The van der Waals surface area contributed by atoms with E-state index in [1.165, 1.54) is 6.20 Å². The van der Waals surface area contributed by atoms with E-state index in [0.29, 0.717) is 16.4 Å². The minimum atomic E-state index is -0.00793. The van der Waals surface area contributed by atoms with Crippen molar-refractivity contribution in [3.63, 3.8) is 0 Å². The van der Waals surface area contributed by atoms with Gasteiger partial charge in [-0.05, 0) is 12.1 Å². The normalized spacial score (nSPS) is 9.87. The maximum atomic E-state index is 6.60. The molecule has 2 aromatic rings. The highest BCUT2D eigenvalue weighted by molar-refractivity contribution is 6.33. The van der Waals surface area contributed by atoms with Gasteiger partial charge < -0.3 is 4.74 Å². The monoisotopic (exact) mass is 219 g/mol. The average Bonchev–Trinajstić information content (AvgIpc) is 2.26. The Morgan fingerprint density at radius 3 is 3.13 bits per heavy atom. The van der Waals surface area contributed by atoms with E-state index in [9.17, 15) is 0 Å². The quantitative estimate of drug-likeness (QED) is 0.576. The van der Waals surface area contributed by atoms with Gasteiger partial charge in [0.2, 0.25) is 0 Å². The third-order valence-electron chi connectivity index (χ3n) is 1.83. The van der Waals surface area contributed by atoms with Crippen LogP contribution < -0.4 is 4.74 Å². The molecule has 0 spiro atoms. The fraction of sp³-hybridized carbons (Fsp3) is 0.100. The van der Waals surface area contributed by atoms with Crippen LogP contribution >= 0.6 is 11.6 Å². The Kier molecular flexibility index (Phi) is 2.66. The van der Waals surface area contributed by atoms with Crippen molar-refractivity contribution in [3.8, 4) is 5.75 Å². The van der Waals surface area contributed by atoms with Crippen LogP contribution in [0.2, 0.25) is 5.15 Å². The second-order valence-corrected chi connectivity index (χ2v) is 3.13. The Balaban J connectivity index is 2.44. The van der Waals surface area contributed by atoms with E-state index in [0.717, 1.165) is 5.39 Å². The maximum absolute atomic E-state index is 6.60. The van der Waals surface area contributed by atoms with Crippen LogP contribution in [0.1, 0.15) is 0 Å². The molecule has 4 nitrogen and oxygen atoms in total. The minimum Gasteiger partial charge on any atom is -0.424 e. The summed E-state index contributed by atoms with van der Waals surface area (Å²) in [6.45, 7) is 6.59. The zero-order chi connectivity index (χ0) is 10.7. The Labute approximate surface area is 91.3 Å². The number of aromatic nitrogens is 2. The van der Waals surface area contributed by atoms with E-state index in [-0.39, 0.29) is 6.73 Å². The van der Waals surface area contributed by atoms with Crippen molar-refractivity contribution in [1.29, 1.82) is 0 Å². The number of fused-ring (bicyclic) bond motifs is 1. The zero-order valence-corrected chi connectivity index (χ0v) is 8.40. The lowest BCUT2D eigenvalue weighted by atomic mass is 10.2. The first-order chi connectivity index (χ1) is 7.31. The number of hydrogen-bond acceptors (Lipinski definition) is 3. The molecule has 0 saturated carbocycles. The number of nitrogens with zero attached hydrogens (tertiary/aromatic N) is 3. The van der Waals surface area contributed by atoms with Crippen molar-refractivity contribution in [3.05, 3.63) is 41.1 Å². The molecule has 0 N–H and O–H groups in total. The first-order valence-electron chi connectivity index (χ1n) is 4.17. The third kappa shape index (κ3) is 1.97. The lowest BCUT2D eigenvalue weighted by Crippen LogP contribution is -1.92. The van der Waals surface area contributed by atoms with Gasteiger partial charge in [-0.3, -0.25) is 4.85 Å². The van der Waals surface area contributed by atoms with Gasteiger partial charge in [0.25, 0.3) is 0 Å². The lowest BCUT2D eigenvalue weighted by Gasteiger charge is -2.01. The van der Waals surface area contributed by atoms with E-state index in [4.69, 9.17) is 22.9 Å². The number of pyridine rings is 2. The summed E-state index contributed by atoms with van der Waals surface area (Å²) in [5.41, 5.74) is 0.634. The van der Waals surface area contributed by atoms with Crippen molar-refractivity contribution in [2.45, 2.75) is 0 Å². The van der Waals surface area contributed by atoms with Gasteiger partial charge >= 0.3 is 6.73 Å². The van der Waals surface area contributed by atoms with E-state index in [1.807, 2.05) is 0 Å². The van der Waals surface area contributed by atoms with Crippen molar-refractivity contribution in [2.75, 3.05) is 6.73 Å². The van der Waals surface area contributed by atoms with E-state index in [2.05, 4.69) is 14.8 Å². The molecule has 0 aliphatic rings. The molecule has 0 bridgehead atoms. The third-order valence-corrected chi connectivity index (χ3v) is 2.10. The van der Waals surface area contributed by atoms with Crippen LogP contribution in [0.15, 0.2) is 24.5 Å². The van der Waals surface area contributed by atoms with E-state index >= 15 is 0 Å². The second-order valence-electron chi connectivity index (χ2n) is 2.78. The highest BCUT2D eigenvalue weighted by Gasteiger charge is 2.03. The Bertz CT molecular complexity index is 536. The van der Waals surface area contributed by atoms with Crippen LogP contribution in [0.3, 0.4) is 0 Å². The number of ether oxygens (including phenoxy) is 1. The molecule has 0 radical (unpaired) electrons. The molecule has 0 aromatic carbocycles. The molecule has 0 unspecified atom stereocenters. The van der Waals surface area contributed by atoms with Gasteiger partial charge in [0.15, 0.2) is 5.15 Å². The van der Waals surface area contributed by atoms with Gasteiger partial charge in [0.1, 0.15) is 11.3 Å². The summed E-state index contributed by atoms with van der Waals surface area (Å²) in [4.78, 5) is 11.1. The lowest BCUT2D eigenvalue weighted by molar-refractivity contribution is 0.360. The molecule has 0 aliphatic heterocycles. The summed E-state index contributed by atoms with van der Waals surface area (Å²) < 4.78 is 5.12. The van der Waals surface area contributed by atoms with E-state index < -0.39 is 0 Å². The average molecular weight is 220 g/mol. The Morgan fingerprint density at radius 2 is 2.33 bits per heavy atom. The largest absolute Gasteiger partial charge is 0.424 e. The standard InChI is InChI=1S/C10H6ClN3O/c1-12-6-15-8-4-7-2-3-13-10(11)9(7)14-5-8/h2-5H,6H2.